The van der Waals surface area contributed by atoms with Crippen LogP contribution in [0.3, 0.4) is 0 Å². The number of hydrogen-bond acceptors (Lipinski definition) is 3. The second-order valence-electron chi connectivity index (χ2n) is 5.58. The van der Waals surface area contributed by atoms with E-state index in [-0.39, 0.29) is 5.97 Å². The van der Waals surface area contributed by atoms with E-state index in [1.54, 1.807) is 0 Å². The van der Waals surface area contributed by atoms with Gasteiger partial charge in [-0.3, -0.25) is 4.89 Å². The Labute approximate surface area is 122 Å². The Morgan fingerprint density at radius 3 is 2.35 bits per heavy atom. The number of unbranched alkanes of at least 4 members (excludes halogenated alkanes) is 4. The van der Waals surface area contributed by atoms with Crippen molar-refractivity contribution in [1.29, 1.82) is 0 Å². The minimum atomic E-state index is -0.626. The zero-order chi connectivity index (χ0) is 14.8. The maximum atomic E-state index is 11.6. The molecule has 0 unspecified atom stereocenters. The van der Waals surface area contributed by atoms with E-state index < -0.39 is 5.60 Å². The second kappa shape index (κ2) is 8.75. The quantitative estimate of drug-likeness (QED) is 0.371. The molecule has 0 saturated carbocycles. The number of hydrogen-bond donors (Lipinski definition) is 0. The smallest absolute Gasteiger partial charge is 0.297 e. The minimum absolute atomic E-state index is 0.287. The fraction of sp³-hybridized carbons (Fsp3) is 0.588. The molecule has 0 saturated heterocycles. The average Bonchev–Trinajstić information content (AvgIpc) is 2.46. The molecule has 0 heterocycles. The molecule has 20 heavy (non-hydrogen) atoms. The molecule has 0 N–H and O–H groups in total. The normalized spacial score (nSPS) is 11.3. The highest BCUT2D eigenvalue weighted by atomic mass is 17.2. The van der Waals surface area contributed by atoms with Gasteiger partial charge in [-0.05, 0) is 25.8 Å². The molecule has 0 aliphatic rings. The number of benzene rings is 1. The van der Waals surface area contributed by atoms with E-state index >= 15 is 0 Å². The van der Waals surface area contributed by atoms with Gasteiger partial charge in [0.1, 0.15) is 5.60 Å². The summed E-state index contributed by atoms with van der Waals surface area (Å²) in [5, 5.41) is 0. The summed E-state index contributed by atoms with van der Waals surface area (Å²) < 4.78 is 0. The molecule has 112 valence electrons. The molecular weight excluding hydrogens is 252 g/mol. The molecule has 3 heteroatoms. The van der Waals surface area contributed by atoms with Gasteiger partial charge < -0.3 is 0 Å². The van der Waals surface area contributed by atoms with E-state index in [1.807, 2.05) is 44.2 Å². The van der Waals surface area contributed by atoms with Gasteiger partial charge in [0, 0.05) is 6.42 Å². The first-order chi connectivity index (χ1) is 9.56. The van der Waals surface area contributed by atoms with Crippen LogP contribution in [-0.2, 0) is 20.2 Å². The van der Waals surface area contributed by atoms with E-state index in [1.165, 1.54) is 19.3 Å². The van der Waals surface area contributed by atoms with Crippen LogP contribution < -0.4 is 0 Å². The SMILES string of the molecule is CCCCCCCC(=O)OOC(C)(C)c1ccccc1. The molecule has 3 nitrogen and oxygen atoms in total. The molecule has 1 rings (SSSR count). The Morgan fingerprint density at radius 1 is 1.05 bits per heavy atom. The van der Waals surface area contributed by atoms with Gasteiger partial charge in [-0.1, -0.05) is 62.9 Å². The first kappa shape index (κ1) is 16.7. The third-order valence-corrected chi connectivity index (χ3v) is 3.30. The maximum absolute atomic E-state index is 11.6. The standard InChI is InChI=1S/C17H26O3/c1-4-5-6-7-11-14-16(18)19-20-17(2,3)15-12-9-8-10-13-15/h8-10,12-13H,4-7,11,14H2,1-3H3. The monoisotopic (exact) mass is 278 g/mol. The van der Waals surface area contributed by atoms with E-state index in [0.717, 1.165) is 18.4 Å². The van der Waals surface area contributed by atoms with Gasteiger partial charge in [0.15, 0.2) is 0 Å². The molecule has 0 fully saturated rings. The highest BCUT2D eigenvalue weighted by molar-refractivity contribution is 5.68. The molecule has 0 aliphatic carbocycles. The molecule has 0 aromatic heterocycles. The van der Waals surface area contributed by atoms with Crippen LogP contribution in [0.25, 0.3) is 0 Å². The molecule has 0 spiro atoms. The van der Waals surface area contributed by atoms with E-state index in [2.05, 4.69) is 6.92 Å². The predicted molar refractivity (Wildman–Crippen MR) is 80.0 cm³/mol. The average molecular weight is 278 g/mol. The van der Waals surface area contributed by atoms with Crippen molar-refractivity contribution >= 4 is 5.97 Å². The summed E-state index contributed by atoms with van der Waals surface area (Å²) in [4.78, 5) is 21.8. The van der Waals surface area contributed by atoms with Crippen LogP contribution in [-0.4, -0.2) is 5.97 Å². The first-order valence-corrected chi connectivity index (χ1v) is 7.50. The molecule has 1 aromatic carbocycles. The first-order valence-electron chi connectivity index (χ1n) is 7.50. The summed E-state index contributed by atoms with van der Waals surface area (Å²) >= 11 is 0. The minimum Gasteiger partial charge on any atom is -0.297 e. The van der Waals surface area contributed by atoms with E-state index in [9.17, 15) is 4.79 Å². The molecule has 0 aliphatic heterocycles. The summed E-state index contributed by atoms with van der Waals surface area (Å²) in [5.41, 5.74) is 0.356. The molecule has 0 bridgehead atoms. The lowest BCUT2D eigenvalue weighted by Gasteiger charge is -2.23. The van der Waals surface area contributed by atoms with Crippen molar-refractivity contribution in [2.45, 2.75) is 64.9 Å². The Hall–Kier alpha value is -1.35. The number of carbonyl (C=O) groups is 1. The van der Waals surface area contributed by atoms with Crippen molar-refractivity contribution in [2.75, 3.05) is 0 Å². The lowest BCUT2D eigenvalue weighted by atomic mass is 9.99. The van der Waals surface area contributed by atoms with E-state index in [0.29, 0.717) is 6.42 Å². The van der Waals surface area contributed by atoms with Crippen molar-refractivity contribution in [3.05, 3.63) is 35.9 Å². The van der Waals surface area contributed by atoms with Crippen LogP contribution in [0.5, 0.6) is 0 Å². The van der Waals surface area contributed by atoms with E-state index in [4.69, 9.17) is 9.78 Å². The molecular formula is C17H26O3. The van der Waals surface area contributed by atoms with Gasteiger partial charge in [0.2, 0.25) is 0 Å². The van der Waals surface area contributed by atoms with Gasteiger partial charge >= 0.3 is 5.97 Å². The van der Waals surface area contributed by atoms with Gasteiger partial charge in [-0.2, -0.15) is 4.89 Å². The maximum Gasteiger partial charge on any atom is 0.342 e. The molecule has 0 atom stereocenters. The predicted octanol–water partition coefficient (Wildman–Crippen LogP) is 4.76. The summed E-state index contributed by atoms with van der Waals surface area (Å²) in [6.45, 7) is 5.95. The Morgan fingerprint density at radius 2 is 1.70 bits per heavy atom. The van der Waals surface area contributed by atoms with Gasteiger partial charge in [-0.15, -0.1) is 0 Å². The van der Waals surface area contributed by atoms with Gasteiger partial charge in [0.05, 0.1) is 0 Å². The lowest BCUT2D eigenvalue weighted by molar-refractivity contribution is -0.329. The number of rotatable bonds is 9. The Kier molecular flexibility index (Phi) is 7.31. The van der Waals surface area contributed by atoms with Crippen molar-refractivity contribution in [2.24, 2.45) is 0 Å². The lowest BCUT2D eigenvalue weighted by Crippen LogP contribution is -2.23. The zero-order valence-electron chi connectivity index (χ0n) is 12.9. The fourth-order valence-electron chi connectivity index (χ4n) is 1.95. The van der Waals surface area contributed by atoms with Crippen LogP contribution in [0.2, 0.25) is 0 Å². The van der Waals surface area contributed by atoms with Crippen molar-refractivity contribution in [3.63, 3.8) is 0 Å². The Bertz CT molecular complexity index is 384. The van der Waals surface area contributed by atoms with Crippen LogP contribution in [0.1, 0.15) is 64.9 Å². The fourth-order valence-corrected chi connectivity index (χ4v) is 1.95. The Balaban J connectivity index is 2.26. The van der Waals surface area contributed by atoms with Crippen LogP contribution >= 0.6 is 0 Å². The van der Waals surface area contributed by atoms with Crippen molar-refractivity contribution in [1.82, 2.24) is 0 Å². The largest absolute Gasteiger partial charge is 0.342 e. The third-order valence-electron chi connectivity index (χ3n) is 3.30. The summed E-state index contributed by atoms with van der Waals surface area (Å²) in [7, 11) is 0. The van der Waals surface area contributed by atoms with Crippen LogP contribution in [0, 0.1) is 0 Å². The number of carbonyl (C=O) groups excluding carboxylic acids is 1. The van der Waals surface area contributed by atoms with Gasteiger partial charge in [0.25, 0.3) is 0 Å². The molecule has 1 aromatic rings. The van der Waals surface area contributed by atoms with Crippen LogP contribution in [0.4, 0.5) is 0 Å². The summed E-state index contributed by atoms with van der Waals surface area (Å²) in [5.74, 6) is -0.287. The molecule has 0 amide bonds. The second-order valence-corrected chi connectivity index (χ2v) is 5.58. The molecule has 0 radical (unpaired) electrons. The highest BCUT2D eigenvalue weighted by Gasteiger charge is 2.24. The van der Waals surface area contributed by atoms with Crippen molar-refractivity contribution in [3.8, 4) is 0 Å². The third kappa shape index (κ3) is 6.20. The topological polar surface area (TPSA) is 35.5 Å². The summed E-state index contributed by atoms with van der Waals surface area (Å²) in [6, 6.07) is 9.74. The van der Waals surface area contributed by atoms with Crippen molar-refractivity contribution < 1.29 is 14.6 Å². The summed E-state index contributed by atoms with van der Waals surface area (Å²) in [6.07, 6.45) is 5.99. The highest BCUT2D eigenvalue weighted by Crippen LogP contribution is 2.24. The zero-order valence-corrected chi connectivity index (χ0v) is 12.9. The van der Waals surface area contributed by atoms with Crippen LogP contribution in [0.15, 0.2) is 30.3 Å². The van der Waals surface area contributed by atoms with Gasteiger partial charge in [-0.25, -0.2) is 4.79 Å².